The highest BCUT2D eigenvalue weighted by atomic mass is 16.2. The van der Waals surface area contributed by atoms with Crippen LogP contribution in [0.15, 0.2) is 48.5 Å². The van der Waals surface area contributed by atoms with Crippen molar-refractivity contribution in [1.82, 2.24) is 10.2 Å². The quantitative estimate of drug-likeness (QED) is 0.756. The van der Waals surface area contributed by atoms with E-state index in [-0.39, 0.29) is 11.8 Å². The van der Waals surface area contributed by atoms with Gasteiger partial charge >= 0.3 is 0 Å². The Hall–Kier alpha value is -2.62. The highest BCUT2D eigenvalue weighted by Crippen LogP contribution is 2.28. The Morgan fingerprint density at radius 2 is 1.71 bits per heavy atom. The van der Waals surface area contributed by atoms with Gasteiger partial charge in [0.1, 0.15) is 0 Å². The molecule has 1 aromatic heterocycles. The predicted octanol–water partition coefficient (Wildman–Crippen LogP) is 2.92. The maximum atomic E-state index is 12.5. The number of hydrogen-bond acceptors (Lipinski definition) is 2. The summed E-state index contributed by atoms with van der Waals surface area (Å²) in [5.41, 5.74) is 3.50. The summed E-state index contributed by atoms with van der Waals surface area (Å²) >= 11 is 0. The minimum Gasteiger partial charge on any atom is -0.308 e. The number of H-pyrrole nitrogens is 1. The van der Waals surface area contributed by atoms with Crippen LogP contribution in [0.3, 0.4) is 0 Å². The van der Waals surface area contributed by atoms with Crippen molar-refractivity contribution in [3.8, 4) is 0 Å². The molecule has 1 amide bonds. The van der Waals surface area contributed by atoms with Crippen LogP contribution >= 0.6 is 0 Å². The van der Waals surface area contributed by atoms with E-state index in [2.05, 4.69) is 27.6 Å². The number of aromatic amines is 1. The Bertz CT molecular complexity index is 797. The number of nitrogens with one attached hydrogen (secondary N) is 2. The molecule has 0 fully saturated rings. The highest BCUT2D eigenvalue weighted by Gasteiger charge is 2.27. The van der Waals surface area contributed by atoms with Crippen molar-refractivity contribution in [1.29, 1.82) is 0 Å². The van der Waals surface area contributed by atoms with Crippen molar-refractivity contribution >= 4 is 22.6 Å². The first-order chi connectivity index (χ1) is 10.3. The molecule has 4 heteroatoms. The van der Waals surface area contributed by atoms with Gasteiger partial charge in [-0.25, -0.2) is 0 Å². The molecule has 1 aliphatic rings. The molecule has 3 aromatic rings. The summed E-state index contributed by atoms with van der Waals surface area (Å²) < 4.78 is 0. The molecule has 0 saturated carbocycles. The van der Waals surface area contributed by atoms with Gasteiger partial charge in [-0.05, 0) is 36.1 Å². The number of amides is 1. The van der Waals surface area contributed by atoms with Gasteiger partial charge in [0.25, 0.3) is 0 Å². The molecule has 0 saturated heterocycles. The molecule has 0 atom stereocenters. The number of aromatic nitrogens is 2. The Morgan fingerprint density at radius 1 is 1.05 bits per heavy atom. The molecule has 21 heavy (non-hydrogen) atoms. The number of carbonyl (C=O) groups excluding carboxylic acids is 1. The third kappa shape index (κ3) is 2.09. The first kappa shape index (κ1) is 12.1. The number of anilines is 1. The van der Waals surface area contributed by atoms with Crippen molar-refractivity contribution in [3.05, 3.63) is 59.7 Å². The Labute approximate surface area is 122 Å². The van der Waals surface area contributed by atoms with Gasteiger partial charge in [0.2, 0.25) is 5.91 Å². The zero-order valence-electron chi connectivity index (χ0n) is 11.5. The minimum atomic E-state index is -0.00198. The van der Waals surface area contributed by atoms with Gasteiger partial charge < -0.3 is 5.32 Å². The van der Waals surface area contributed by atoms with Crippen molar-refractivity contribution in [2.45, 2.75) is 12.8 Å². The SMILES string of the molecule is O=C(Nc1n[nH]c2ccccc12)C1Cc2ccccc2C1. The second kappa shape index (κ2) is 4.74. The van der Waals surface area contributed by atoms with Gasteiger partial charge in [-0.3, -0.25) is 9.89 Å². The monoisotopic (exact) mass is 277 g/mol. The molecule has 0 radical (unpaired) electrons. The topological polar surface area (TPSA) is 57.8 Å². The van der Waals surface area contributed by atoms with Gasteiger partial charge in [-0.15, -0.1) is 0 Å². The largest absolute Gasteiger partial charge is 0.308 e. The van der Waals surface area contributed by atoms with Crippen molar-refractivity contribution in [3.63, 3.8) is 0 Å². The van der Waals surface area contributed by atoms with E-state index in [1.54, 1.807) is 0 Å². The predicted molar refractivity (Wildman–Crippen MR) is 82.1 cm³/mol. The van der Waals surface area contributed by atoms with Crippen LogP contribution < -0.4 is 5.32 Å². The lowest BCUT2D eigenvalue weighted by molar-refractivity contribution is -0.119. The van der Waals surface area contributed by atoms with Gasteiger partial charge in [-0.2, -0.15) is 5.10 Å². The third-order valence-electron chi connectivity index (χ3n) is 4.13. The van der Waals surface area contributed by atoms with Crippen LogP contribution in [0.5, 0.6) is 0 Å². The number of rotatable bonds is 2. The van der Waals surface area contributed by atoms with E-state index in [9.17, 15) is 4.79 Å². The lowest BCUT2D eigenvalue weighted by Crippen LogP contribution is -2.23. The zero-order chi connectivity index (χ0) is 14.2. The van der Waals surface area contributed by atoms with Gasteiger partial charge in [0, 0.05) is 11.3 Å². The van der Waals surface area contributed by atoms with Crippen LogP contribution in [-0.2, 0) is 17.6 Å². The third-order valence-corrected chi connectivity index (χ3v) is 4.13. The molecule has 1 heterocycles. The van der Waals surface area contributed by atoms with E-state index in [1.807, 2.05) is 36.4 Å². The summed E-state index contributed by atoms with van der Waals surface area (Å²) in [7, 11) is 0. The number of nitrogens with zero attached hydrogens (tertiary/aromatic N) is 1. The number of carbonyl (C=O) groups is 1. The highest BCUT2D eigenvalue weighted by molar-refractivity contribution is 6.00. The van der Waals surface area contributed by atoms with E-state index in [0.717, 1.165) is 23.7 Å². The number of para-hydroxylation sites is 1. The van der Waals surface area contributed by atoms with E-state index in [4.69, 9.17) is 0 Å². The molecular formula is C17H15N3O. The number of fused-ring (bicyclic) bond motifs is 2. The summed E-state index contributed by atoms with van der Waals surface area (Å²) in [5.74, 6) is 0.660. The van der Waals surface area contributed by atoms with Crippen LogP contribution in [0.4, 0.5) is 5.82 Å². The van der Waals surface area contributed by atoms with Crippen LogP contribution in [0.2, 0.25) is 0 Å². The number of benzene rings is 2. The zero-order valence-corrected chi connectivity index (χ0v) is 11.5. The summed E-state index contributed by atoms with van der Waals surface area (Å²) in [6, 6.07) is 16.1. The molecule has 2 aromatic carbocycles. The second-order valence-corrected chi connectivity index (χ2v) is 5.48. The van der Waals surface area contributed by atoms with Crippen LogP contribution in [-0.4, -0.2) is 16.1 Å². The van der Waals surface area contributed by atoms with Crippen LogP contribution in [0.25, 0.3) is 10.9 Å². The fourth-order valence-electron chi connectivity index (χ4n) is 3.02. The van der Waals surface area contributed by atoms with Gasteiger partial charge in [0.05, 0.1) is 5.52 Å². The summed E-state index contributed by atoms with van der Waals surface area (Å²) in [6.45, 7) is 0. The minimum absolute atomic E-state index is 0.00198. The summed E-state index contributed by atoms with van der Waals surface area (Å²) in [5, 5.41) is 11.0. The molecule has 104 valence electrons. The molecule has 1 aliphatic carbocycles. The maximum absolute atomic E-state index is 12.5. The standard InChI is InChI=1S/C17H15N3O/c21-17(13-9-11-5-1-2-6-12(11)10-13)18-16-14-7-3-4-8-15(14)19-20-16/h1-8,13H,9-10H2,(H2,18,19,20,21). The fourth-order valence-corrected chi connectivity index (χ4v) is 3.02. The van der Waals surface area contributed by atoms with E-state index in [0.29, 0.717) is 5.82 Å². The summed E-state index contributed by atoms with van der Waals surface area (Å²) in [4.78, 5) is 12.5. The normalized spacial score (nSPS) is 14.3. The smallest absolute Gasteiger partial charge is 0.229 e. The van der Waals surface area contributed by atoms with Crippen molar-refractivity contribution < 1.29 is 4.79 Å². The lowest BCUT2D eigenvalue weighted by Gasteiger charge is -2.08. The molecule has 2 N–H and O–H groups in total. The molecule has 4 rings (SSSR count). The van der Waals surface area contributed by atoms with Crippen LogP contribution in [0, 0.1) is 5.92 Å². The number of hydrogen-bond donors (Lipinski definition) is 2. The van der Waals surface area contributed by atoms with Crippen molar-refractivity contribution in [2.24, 2.45) is 5.92 Å². The fraction of sp³-hybridized carbons (Fsp3) is 0.176. The van der Waals surface area contributed by atoms with Gasteiger partial charge in [0.15, 0.2) is 5.82 Å². The average Bonchev–Trinajstić information content (AvgIpc) is 3.11. The molecular weight excluding hydrogens is 262 g/mol. The van der Waals surface area contributed by atoms with Crippen LogP contribution in [0.1, 0.15) is 11.1 Å². The Balaban J connectivity index is 1.55. The first-order valence-corrected chi connectivity index (χ1v) is 7.12. The molecule has 0 aliphatic heterocycles. The first-order valence-electron chi connectivity index (χ1n) is 7.12. The molecule has 0 unspecified atom stereocenters. The Kier molecular flexibility index (Phi) is 2.74. The summed E-state index contributed by atoms with van der Waals surface area (Å²) in [6.07, 6.45) is 1.62. The lowest BCUT2D eigenvalue weighted by atomic mass is 10.1. The van der Waals surface area contributed by atoms with E-state index >= 15 is 0 Å². The van der Waals surface area contributed by atoms with Crippen molar-refractivity contribution in [2.75, 3.05) is 5.32 Å². The molecule has 4 nitrogen and oxygen atoms in total. The maximum Gasteiger partial charge on any atom is 0.229 e. The molecule has 0 spiro atoms. The second-order valence-electron chi connectivity index (χ2n) is 5.48. The Morgan fingerprint density at radius 3 is 2.48 bits per heavy atom. The van der Waals surface area contributed by atoms with E-state index in [1.165, 1.54) is 11.1 Å². The molecule has 0 bridgehead atoms. The van der Waals surface area contributed by atoms with E-state index < -0.39 is 0 Å². The average molecular weight is 277 g/mol. The van der Waals surface area contributed by atoms with Gasteiger partial charge in [-0.1, -0.05) is 36.4 Å².